The van der Waals surface area contributed by atoms with E-state index >= 15 is 0 Å². The molecule has 1 atom stereocenters. The number of sulfone groups is 1. The molecule has 3 N–H and O–H groups in total. The van der Waals surface area contributed by atoms with Crippen LogP contribution in [0, 0.1) is 5.82 Å². The maximum absolute atomic E-state index is 14.0. The fraction of sp³-hybridized carbons (Fsp3) is 0.433. The third-order valence-electron chi connectivity index (χ3n) is 7.89. The Balaban J connectivity index is 1.53. The van der Waals surface area contributed by atoms with Crippen molar-refractivity contribution in [3.63, 3.8) is 0 Å². The molecule has 2 aliphatic rings. The van der Waals surface area contributed by atoms with E-state index in [1.54, 1.807) is 44.2 Å². The summed E-state index contributed by atoms with van der Waals surface area (Å²) in [5.41, 5.74) is 0.799. The van der Waals surface area contributed by atoms with Crippen LogP contribution in [0.25, 0.3) is 11.4 Å². The van der Waals surface area contributed by atoms with Gasteiger partial charge in [0, 0.05) is 23.9 Å². The number of carbonyl (C=O) groups is 1. The first kappa shape index (κ1) is 29.9. The second kappa shape index (κ2) is 11.6. The minimum absolute atomic E-state index is 0.0219. The van der Waals surface area contributed by atoms with Crippen LogP contribution < -0.4 is 15.5 Å². The van der Waals surface area contributed by atoms with Crippen LogP contribution in [-0.4, -0.2) is 67.5 Å². The third-order valence-corrected chi connectivity index (χ3v) is 10.4. The summed E-state index contributed by atoms with van der Waals surface area (Å²) in [5, 5.41) is 14.9. The van der Waals surface area contributed by atoms with Gasteiger partial charge in [0.25, 0.3) is 0 Å². The van der Waals surface area contributed by atoms with Crippen LogP contribution in [-0.2, 0) is 19.3 Å². The fourth-order valence-electron chi connectivity index (χ4n) is 5.22. The molecule has 12 heteroatoms. The van der Waals surface area contributed by atoms with E-state index in [4.69, 9.17) is 14.7 Å². The van der Waals surface area contributed by atoms with Gasteiger partial charge in [0.05, 0.1) is 42.0 Å². The number of nitrogens with zero attached hydrogens (tertiary/aromatic N) is 3. The van der Waals surface area contributed by atoms with Crippen molar-refractivity contribution < 1.29 is 27.4 Å². The van der Waals surface area contributed by atoms with Gasteiger partial charge in [-0.25, -0.2) is 27.6 Å². The molecule has 2 amide bonds. The Morgan fingerprint density at radius 2 is 1.83 bits per heavy atom. The van der Waals surface area contributed by atoms with Crippen molar-refractivity contribution in [2.24, 2.45) is 0 Å². The monoisotopic (exact) mass is 597 g/mol. The summed E-state index contributed by atoms with van der Waals surface area (Å²) < 4.78 is 46.1. The molecular formula is C30H36FN5O5S. The molecule has 3 aromatic rings. The number of rotatable bonds is 8. The molecule has 1 saturated carbocycles. The van der Waals surface area contributed by atoms with Crippen molar-refractivity contribution in [3.05, 3.63) is 66.1 Å². The smallest absolute Gasteiger partial charge is 0.319 e. The summed E-state index contributed by atoms with van der Waals surface area (Å²) in [5.74, 6) is 0.468. The van der Waals surface area contributed by atoms with E-state index < -0.39 is 32.0 Å². The topological polar surface area (TPSA) is 134 Å². The predicted molar refractivity (Wildman–Crippen MR) is 158 cm³/mol. The standard InChI is InChI=1S/C30H36FN5O5S/c1-20-18-41-16-15-36(20)26-17-25(30(13-4-14-30)42(39,40)24-11-7-22(31)8-12-24)33-27(34-26)21-5-9-23(10-6-21)32-28(38)35-29(2,3)19-37/h5-12,17,20,37H,4,13-16,18-19H2,1-3H3,(H2,32,35,38)/t20-/m0/s1. The van der Waals surface area contributed by atoms with Crippen LogP contribution >= 0.6 is 0 Å². The van der Waals surface area contributed by atoms with E-state index in [0.29, 0.717) is 61.2 Å². The van der Waals surface area contributed by atoms with Crippen LogP contribution in [0.15, 0.2) is 59.5 Å². The highest BCUT2D eigenvalue weighted by Gasteiger charge is 2.52. The molecule has 2 heterocycles. The number of ether oxygens (including phenoxy) is 1. The molecule has 1 aliphatic carbocycles. The van der Waals surface area contributed by atoms with Crippen LogP contribution in [0.1, 0.15) is 45.7 Å². The molecule has 2 fully saturated rings. The van der Waals surface area contributed by atoms with E-state index in [0.717, 1.165) is 18.6 Å². The number of morpholine rings is 1. The van der Waals surface area contributed by atoms with Gasteiger partial charge < -0.3 is 25.4 Å². The van der Waals surface area contributed by atoms with Gasteiger partial charge in [0.2, 0.25) is 0 Å². The van der Waals surface area contributed by atoms with E-state index in [1.165, 1.54) is 12.1 Å². The van der Waals surface area contributed by atoms with E-state index in [9.17, 15) is 22.7 Å². The lowest BCUT2D eigenvalue weighted by atomic mass is 9.81. The van der Waals surface area contributed by atoms with Crippen LogP contribution in [0.5, 0.6) is 0 Å². The van der Waals surface area contributed by atoms with E-state index in [-0.39, 0.29) is 17.5 Å². The van der Waals surface area contributed by atoms with Gasteiger partial charge in [-0.3, -0.25) is 0 Å². The zero-order valence-corrected chi connectivity index (χ0v) is 24.7. The number of nitrogens with one attached hydrogen (secondary N) is 2. The van der Waals surface area contributed by atoms with Crippen molar-refractivity contribution in [1.29, 1.82) is 0 Å². The molecular weight excluding hydrogens is 561 g/mol. The highest BCUT2D eigenvalue weighted by atomic mass is 32.2. The Morgan fingerprint density at radius 1 is 1.14 bits per heavy atom. The van der Waals surface area contributed by atoms with Crippen molar-refractivity contribution in [3.8, 4) is 11.4 Å². The van der Waals surface area contributed by atoms with E-state index in [2.05, 4.69) is 15.5 Å². The number of urea groups is 1. The number of anilines is 2. The number of aliphatic hydroxyl groups excluding tert-OH is 1. The number of halogens is 1. The number of aromatic nitrogens is 2. The van der Waals surface area contributed by atoms with Gasteiger partial charge in [0.15, 0.2) is 15.7 Å². The molecule has 10 nitrogen and oxygen atoms in total. The number of benzene rings is 2. The molecule has 0 bridgehead atoms. The Hall–Kier alpha value is -3.61. The zero-order valence-electron chi connectivity index (χ0n) is 23.9. The summed E-state index contributed by atoms with van der Waals surface area (Å²) >= 11 is 0. The molecule has 0 radical (unpaired) electrons. The lowest BCUT2D eigenvalue weighted by Crippen LogP contribution is -2.48. The molecule has 0 unspecified atom stereocenters. The number of hydrogen-bond donors (Lipinski definition) is 3. The Bertz CT molecular complexity index is 1540. The fourth-order valence-corrected chi connectivity index (χ4v) is 7.37. The molecule has 1 saturated heterocycles. The average Bonchev–Trinajstić information content (AvgIpc) is 2.93. The van der Waals surface area contributed by atoms with Gasteiger partial charge in [-0.2, -0.15) is 0 Å². The van der Waals surface area contributed by atoms with Crippen molar-refractivity contribution in [1.82, 2.24) is 15.3 Å². The normalized spacial score (nSPS) is 18.7. The van der Waals surface area contributed by atoms with Gasteiger partial charge in [-0.1, -0.05) is 0 Å². The van der Waals surface area contributed by atoms with Gasteiger partial charge in [0.1, 0.15) is 16.4 Å². The van der Waals surface area contributed by atoms with Crippen LogP contribution in [0.4, 0.5) is 20.7 Å². The van der Waals surface area contributed by atoms with Crippen molar-refractivity contribution in [2.75, 3.05) is 36.6 Å². The largest absolute Gasteiger partial charge is 0.394 e. The third kappa shape index (κ3) is 5.83. The number of hydrogen-bond acceptors (Lipinski definition) is 8. The Morgan fingerprint density at radius 3 is 2.43 bits per heavy atom. The zero-order chi connectivity index (χ0) is 30.1. The van der Waals surface area contributed by atoms with Crippen molar-refractivity contribution in [2.45, 2.75) is 61.3 Å². The first-order valence-electron chi connectivity index (χ1n) is 14.0. The summed E-state index contributed by atoms with van der Waals surface area (Å²) in [6.07, 6.45) is 1.51. The number of aliphatic hydroxyl groups is 1. The van der Waals surface area contributed by atoms with Gasteiger partial charge in [-0.05, 0) is 88.6 Å². The van der Waals surface area contributed by atoms with Gasteiger partial charge in [-0.15, -0.1) is 0 Å². The number of carbonyl (C=O) groups excluding carboxylic acids is 1. The Kier molecular flexibility index (Phi) is 8.23. The molecule has 1 aliphatic heterocycles. The second-order valence-corrected chi connectivity index (χ2v) is 13.8. The van der Waals surface area contributed by atoms with Gasteiger partial charge >= 0.3 is 6.03 Å². The highest BCUT2D eigenvalue weighted by Crippen LogP contribution is 2.51. The first-order valence-corrected chi connectivity index (χ1v) is 15.5. The summed E-state index contributed by atoms with van der Waals surface area (Å²) in [7, 11) is -3.90. The minimum atomic E-state index is -3.90. The van der Waals surface area contributed by atoms with E-state index in [1.807, 2.05) is 6.92 Å². The number of amides is 2. The second-order valence-electron chi connectivity index (χ2n) is 11.6. The highest BCUT2D eigenvalue weighted by molar-refractivity contribution is 7.92. The van der Waals surface area contributed by atoms with Crippen LogP contribution in [0.3, 0.4) is 0 Å². The molecule has 224 valence electrons. The summed E-state index contributed by atoms with van der Waals surface area (Å²) in [6, 6.07) is 13.2. The lowest BCUT2D eigenvalue weighted by molar-refractivity contribution is 0.0985. The Labute approximate surface area is 245 Å². The maximum atomic E-state index is 14.0. The quantitative estimate of drug-likeness (QED) is 0.328. The summed E-state index contributed by atoms with van der Waals surface area (Å²) in [4.78, 5) is 24.2. The molecule has 42 heavy (non-hydrogen) atoms. The first-order chi connectivity index (χ1) is 19.9. The molecule has 1 aromatic heterocycles. The minimum Gasteiger partial charge on any atom is -0.394 e. The predicted octanol–water partition coefficient (Wildman–Crippen LogP) is 4.25. The molecule has 2 aromatic carbocycles. The van der Waals surface area contributed by atoms with Crippen LogP contribution in [0.2, 0.25) is 0 Å². The lowest BCUT2D eigenvalue weighted by Gasteiger charge is -2.41. The molecule has 5 rings (SSSR count). The maximum Gasteiger partial charge on any atom is 0.319 e. The average molecular weight is 598 g/mol. The van der Waals surface area contributed by atoms with Crippen molar-refractivity contribution >= 4 is 27.4 Å². The summed E-state index contributed by atoms with van der Waals surface area (Å²) in [6.45, 7) is 6.86. The molecule has 0 spiro atoms. The SMILES string of the molecule is C[C@H]1COCCN1c1cc(C2(S(=O)(=O)c3ccc(F)cc3)CCC2)nc(-c2ccc(NC(=O)NC(C)(C)CO)cc2)n1.